The van der Waals surface area contributed by atoms with Gasteiger partial charge in [-0.1, -0.05) is 258 Å². The maximum Gasteiger partial charge on any atom is 0.472 e. The molecular formula is C51H102NO9P. The number of ether oxygens (including phenoxy) is 2. The lowest BCUT2D eigenvalue weighted by Crippen LogP contribution is -2.34. The summed E-state index contributed by atoms with van der Waals surface area (Å²) in [5, 5.41) is 8.93. The number of esters is 1. The van der Waals surface area contributed by atoms with Crippen LogP contribution in [0.1, 0.15) is 277 Å². The van der Waals surface area contributed by atoms with Crippen molar-refractivity contribution >= 4 is 19.8 Å². The third-order valence-corrected chi connectivity index (χ3v) is 13.1. The molecule has 0 aromatic carbocycles. The second kappa shape index (κ2) is 47.9. The Morgan fingerprint density at radius 3 is 1.06 bits per heavy atom. The summed E-state index contributed by atoms with van der Waals surface area (Å²) in [5.41, 5.74) is 5.38. The minimum Gasteiger partial charge on any atom is -0.480 e. The van der Waals surface area contributed by atoms with Gasteiger partial charge >= 0.3 is 19.8 Å². The molecule has 62 heavy (non-hydrogen) atoms. The Kier molecular flexibility index (Phi) is 47.1. The summed E-state index contributed by atoms with van der Waals surface area (Å²) >= 11 is 0. The van der Waals surface area contributed by atoms with Crippen LogP contribution in [0.25, 0.3) is 0 Å². The number of carbonyl (C=O) groups is 2. The summed E-state index contributed by atoms with van der Waals surface area (Å²) in [6.07, 6.45) is 51.6. The van der Waals surface area contributed by atoms with Gasteiger partial charge in [0.25, 0.3) is 0 Å². The highest BCUT2D eigenvalue weighted by molar-refractivity contribution is 7.47. The largest absolute Gasteiger partial charge is 0.480 e. The molecule has 0 saturated heterocycles. The first kappa shape index (κ1) is 61.0. The fourth-order valence-electron chi connectivity index (χ4n) is 8.02. The first-order chi connectivity index (χ1) is 30.2. The van der Waals surface area contributed by atoms with E-state index in [1.807, 2.05) is 0 Å². The molecule has 3 unspecified atom stereocenters. The molecule has 0 aliphatic rings. The van der Waals surface area contributed by atoms with Gasteiger partial charge in [0.2, 0.25) is 0 Å². The van der Waals surface area contributed by atoms with Crippen molar-refractivity contribution in [1.82, 2.24) is 0 Å². The molecule has 0 bridgehead atoms. The highest BCUT2D eigenvalue weighted by atomic mass is 31.2. The van der Waals surface area contributed by atoms with Gasteiger partial charge in [-0.05, 0) is 12.8 Å². The number of phosphoric acid groups is 1. The normalized spacial score (nSPS) is 13.6. The van der Waals surface area contributed by atoms with Gasteiger partial charge in [0.15, 0.2) is 0 Å². The fraction of sp³-hybridized carbons (Fsp3) is 0.961. The third kappa shape index (κ3) is 46.9. The number of nitrogens with two attached hydrogens (primary N) is 1. The smallest absolute Gasteiger partial charge is 0.472 e. The highest BCUT2D eigenvalue weighted by Gasteiger charge is 2.27. The van der Waals surface area contributed by atoms with E-state index in [2.05, 4.69) is 13.8 Å². The molecule has 0 aromatic heterocycles. The summed E-state index contributed by atoms with van der Waals surface area (Å²) in [6, 6.07) is -1.47. The Balaban J connectivity index is 4.05. The molecule has 3 atom stereocenters. The zero-order valence-corrected chi connectivity index (χ0v) is 41.6. The topological polar surface area (TPSA) is 155 Å². The molecule has 0 spiro atoms. The van der Waals surface area contributed by atoms with Gasteiger partial charge in [-0.15, -0.1) is 0 Å². The van der Waals surface area contributed by atoms with Crippen molar-refractivity contribution in [2.75, 3.05) is 26.4 Å². The predicted molar refractivity (Wildman–Crippen MR) is 259 cm³/mol. The van der Waals surface area contributed by atoms with Crippen molar-refractivity contribution in [2.24, 2.45) is 5.73 Å². The lowest BCUT2D eigenvalue weighted by molar-refractivity contribution is -0.154. The van der Waals surface area contributed by atoms with Crippen molar-refractivity contribution in [3.63, 3.8) is 0 Å². The zero-order chi connectivity index (χ0) is 45.5. The third-order valence-electron chi connectivity index (χ3n) is 12.1. The van der Waals surface area contributed by atoms with E-state index in [4.69, 9.17) is 29.4 Å². The average molecular weight is 904 g/mol. The number of carbonyl (C=O) groups excluding carboxylic acids is 1. The SMILES string of the molecule is CCCCCCCCCCCCCCCCCCCCCCCCOCC(COP(=O)(O)OCC(N)C(=O)O)OC(=O)CCCCCCCCCCCCCCCCCCCC. The highest BCUT2D eigenvalue weighted by Crippen LogP contribution is 2.43. The molecule has 11 heteroatoms. The number of unbranched alkanes of at least 4 members (excludes halogenated alkanes) is 38. The van der Waals surface area contributed by atoms with Crippen LogP contribution >= 0.6 is 7.82 Å². The second-order valence-corrected chi connectivity index (χ2v) is 19.8. The van der Waals surface area contributed by atoms with Crippen LogP contribution in [0.15, 0.2) is 0 Å². The van der Waals surface area contributed by atoms with Crippen molar-refractivity contribution in [1.29, 1.82) is 0 Å². The maximum atomic E-state index is 12.7. The molecule has 10 nitrogen and oxygen atoms in total. The summed E-state index contributed by atoms with van der Waals surface area (Å²) < 4.78 is 33.5. The standard InChI is InChI=1S/C51H102NO9P/c1-3-5-7-9-11-13-15-17-19-21-23-24-25-26-28-30-32-34-36-38-40-42-44-58-45-48(46-59-62(56,57)60-47-49(52)51(54)55)61-50(53)43-41-39-37-35-33-31-29-27-22-20-18-16-14-12-10-8-6-4-2/h48-49H,3-47,52H2,1-2H3,(H,54,55)(H,56,57). The molecular weight excluding hydrogens is 802 g/mol. The second-order valence-electron chi connectivity index (χ2n) is 18.4. The minimum absolute atomic E-state index is 0.0265. The first-order valence-electron chi connectivity index (χ1n) is 26.6. The molecule has 0 saturated carbocycles. The van der Waals surface area contributed by atoms with Crippen molar-refractivity contribution in [3.05, 3.63) is 0 Å². The molecule has 0 fully saturated rings. The Bertz CT molecular complexity index is 1000. The first-order valence-corrected chi connectivity index (χ1v) is 28.1. The van der Waals surface area contributed by atoms with Crippen LogP contribution in [-0.2, 0) is 32.7 Å². The predicted octanol–water partition coefficient (Wildman–Crippen LogP) is 15.5. The Morgan fingerprint density at radius 2 is 0.742 bits per heavy atom. The average Bonchev–Trinajstić information content (AvgIpc) is 3.25. The van der Waals surface area contributed by atoms with Gasteiger partial charge in [-0.2, -0.15) is 0 Å². The van der Waals surface area contributed by atoms with Crippen molar-refractivity contribution in [3.8, 4) is 0 Å². The Hall–Kier alpha value is -1.03. The molecule has 0 aliphatic heterocycles. The molecule has 0 aromatic rings. The number of hydrogen-bond donors (Lipinski definition) is 3. The van der Waals surface area contributed by atoms with Gasteiger partial charge in [-0.25, -0.2) is 4.57 Å². The Labute approximate surface area is 382 Å². The lowest BCUT2D eigenvalue weighted by Gasteiger charge is -2.20. The number of rotatable bonds is 52. The molecule has 4 N–H and O–H groups in total. The van der Waals surface area contributed by atoms with Gasteiger partial charge in [-0.3, -0.25) is 18.6 Å². The van der Waals surface area contributed by atoms with Crippen LogP contribution in [0, 0.1) is 0 Å². The number of hydrogen-bond acceptors (Lipinski definition) is 8. The van der Waals surface area contributed by atoms with E-state index in [-0.39, 0.29) is 13.0 Å². The van der Waals surface area contributed by atoms with Crippen LogP contribution in [0.5, 0.6) is 0 Å². The van der Waals surface area contributed by atoms with Gasteiger partial charge in [0.05, 0.1) is 19.8 Å². The molecule has 0 rings (SSSR count). The number of aliphatic carboxylic acids is 1. The van der Waals surface area contributed by atoms with E-state index < -0.39 is 45.1 Å². The van der Waals surface area contributed by atoms with E-state index >= 15 is 0 Å². The molecule has 370 valence electrons. The van der Waals surface area contributed by atoms with E-state index in [1.54, 1.807) is 0 Å². The van der Waals surface area contributed by atoms with Gasteiger partial charge in [0, 0.05) is 13.0 Å². The van der Waals surface area contributed by atoms with Crippen LogP contribution < -0.4 is 5.73 Å². The summed E-state index contributed by atoms with van der Waals surface area (Å²) in [7, 11) is -4.61. The van der Waals surface area contributed by atoms with Crippen LogP contribution in [0.2, 0.25) is 0 Å². The Morgan fingerprint density at radius 1 is 0.452 bits per heavy atom. The molecule has 0 heterocycles. The van der Waals surface area contributed by atoms with Crippen LogP contribution in [0.4, 0.5) is 0 Å². The maximum absolute atomic E-state index is 12.7. The van der Waals surface area contributed by atoms with Crippen LogP contribution in [0.3, 0.4) is 0 Å². The summed E-state index contributed by atoms with van der Waals surface area (Å²) in [4.78, 5) is 33.7. The molecule has 0 radical (unpaired) electrons. The van der Waals surface area contributed by atoms with Gasteiger partial charge < -0.3 is 25.2 Å². The van der Waals surface area contributed by atoms with E-state index in [0.717, 1.165) is 38.5 Å². The minimum atomic E-state index is -4.61. The number of phosphoric ester groups is 1. The zero-order valence-electron chi connectivity index (χ0n) is 40.8. The molecule has 0 aliphatic carbocycles. The van der Waals surface area contributed by atoms with E-state index in [9.17, 15) is 19.0 Å². The fourth-order valence-corrected chi connectivity index (χ4v) is 8.80. The van der Waals surface area contributed by atoms with E-state index in [0.29, 0.717) is 6.61 Å². The van der Waals surface area contributed by atoms with Crippen molar-refractivity contribution < 1.29 is 42.7 Å². The van der Waals surface area contributed by atoms with Gasteiger partial charge in [0.1, 0.15) is 12.1 Å². The summed E-state index contributed by atoms with van der Waals surface area (Å²) in [6.45, 7) is 3.96. The number of carboxylic acid groups (broad SMARTS) is 1. The lowest BCUT2D eigenvalue weighted by atomic mass is 10.0. The monoisotopic (exact) mass is 904 g/mol. The van der Waals surface area contributed by atoms with Crippen molar-refractivity contribution in [2.45, 2.75) is 289 Å². The quantitative estimate of drug-likeness (QED) is 0.0305. The van der Waals surface area contributed by atoms with Crippen LogP contribution in [-0.4, -0.2) is 60.5 Å². The summed E-state index contributed by atoms with van der Waals surface area (Å²) in [5.74, 6) is -1.76. The number of carboxylic acids is 1. The molecule has 0 amide bonds. The van der Waals surface area contributed by atoms with E-state index in [1.165, 1.54) is 218 Å².